The minimum Gasteiger partial charge on any atom is -0.323 e. The molecule has 0 saturated carbocycles. The Bertz CT molecular complexity index is 886. The Morgan fingerprint density at radius 2 is 1.95 bits per heavy atom. The molecular weight excluding hydrogens is 276 g/mol. The minimum atomic E-state index is -0.130. The van der Waals surface area contributed by atoms with Gasteiger partial charge in [0.2, 0.25) is 0 Å². The molecule has 2 heterocycles. The van der Waals surface area contributed by atoms with Crippen LogP contribution in [-0.2, 0) is 0 Å². The zero-order chi connectivity index (χ0) is 13.6. The van der Waals surface area contributed by atoms with Crippen LogP contribution in [0.2, 0.25) is 0 Å². The molecule has 5 heteroatoms. The summed E-state index contributed by atoms with van der Waals surface area (Å²) in [5.74, 6) is 0. The number of H-pyrrole nitrogens is 2. The van der Waals surface area contributed by atoms with Crippen LogP contribution in [0.25, 0.3) is 21.3 Å². The fraction of sp³-hybridized carbons (Fsp3) is 0.143. The van der Waals surface area contributed by atoms with Crippen molar-refractivity contribution in [2.24, 2.45) is 0 Å². The summed E-state index contributed by atoms with van der Waals surface area (Å²) in [6.07, 6.45) is 0. The molecule has 96 valence electrons. The number of aromatic nitrogens is 2. The van der Waals surface area contributed by atoms with Crippen LogP contribution in [0.15, 0.2) is 28.4 Å². The Morgan fingerprint density at radius 3 is 2.68 bits per heavy atom. The van der Waals surface area contributed by atoms with Crippen molar-refractivity contribution in [2.75, 3.05) is 0 Å². The first-order valence-corrected chi connectivity index (χ1v) is 7.16. The summed E-state index contributed by atoms with van der Waals surface area (Å²) >= 11 is 6.50. The second-order valence-corrected chi connectivity index (χ2v) is 5.87. The van der Waals surface area contributed by atoms with Crippen molar-refractivity contribution in [3.05, 3.63) is 49.8 Å². The maximum absolute atomic E-state index is 12.1. The molecular formula is C14H12N2OS2. The number of hydrogen-bond acceptors (Lipinski definition) is 3. The second-order valence-electron chi connectivity index (χ2n) is 4.58. The van der Waals surface area contributed by atoms with Gasteiger partial charge in [0.05, 0.1) is 5.39 Å². The Kier molecular flexibility index (Phi) is 2.88. The fourth-order valence-electron chi connectivity index (χ4n) is 2.29. The highest BCUT2D eigenvalue weighted by Gasteiger charge is 2.12. The predicted octanol–water partition coefficient (Wildman–Crippen LogP) is 3.93. The number of fused-ring (bicyclic) bond motifs is 1. The topological polar surface area (TPSA) is 48.6 Å². The molecule has 0 amide bonds. The van der Waals surface area contributed by atoms with Crippen LogP contribution in [0.5, 0.6) is 0 Å². The number of aromatic amines is 2. The Hall–Kier alpha value is -1.72. The van der Waals surface area contributed by atoms with Gasteiger partial charge in [-0.15, -0.1) is 11.3 Å². The van der Waals surface area contributed by atoms with Gasteiger partial charge in [0.1, 0.15) is 4.83 Å². The largest absolute Gasteiger partial charge is 0.323 e. The number of nitrogens with one attached hydrogen (secondary N) is 2. The molecule has 0 aliphatic carbocycles. The van der Waals surface area contributed by atoms with Crippen LogP contribution in [0.1, 0.15) is 11.1 Å². The van der Waals surface area contributed by atoms with Gasteiger partial charge >= 0.3 is 0 Å². The highest BCUT2D eigenvalue weighted by atomic mass is 32.1. The van der Waals surface area contributed by atoms with Gasteiger partial charge in [-0.1, -0.05) is 23.8 Å². The molecule has 0 unspecified atom stereocenters. The van der Waals surface area contributed by atoms with E-state index in [1.54, 1.807) is 0 Å². The minimum absolute atomic E-state index is 0.130. The molecule has 1 aromatic carbocycles. The van der Waals surface area contributed by atoms with Crippen LogP contribution in [0.3, 0.4) is 0 Å². The number of aryl methyl sites for hydroxylation is 2. The van der Waals surface area contributed by atoms with Crippen molar-refractivity contribution < 1.29 is 0 Å². The molecule has 0 bridgehead atoms. The van der Waals surface area contributed by atoms with E-state index >= 15 is 0 Å². The van der Waals surface area contributed by atoms with E-state index in [9.17, 15) is 4.79 Å². The first kappa shape index (κ1) is 12.3. The zero-order valence-electron chi connectivity index (χ0n) is 10.5. The fourth-order valence-corrected chi connectivity index (χ4v) is 3.51. The third-order valence-corrected chi connectivity index (χ3v) is 4.24. The van der Waals surface area contributed by atoms with E-state index in [0.29, 0.717) is 10.2 Å². The average molecular weight is 288 g/mol. The summed E-state index contributed by atoms with van der Waals surface area (Å²) in [4.78, 5) is 18.6. The van der Waals surface area contributed by atoms with E-state index < -0.39 is 0 Å². The van der Waals surface area contributed by atoms with Crippen LogP contribution in [0.4, 0.5) is 0 Å². The first-order chi connectivity index (χ1) is 9.06. The molecule has 0 aliphatic heterocycles. The van der Waals surface area contributed by atoms with E-state index in [2.05, 4.69) is 42.0 Å². The van der Waals surface area contributed by atoms with Gasteiger partial charge < -0.3 is 4.98 Å². The third kappa shape index (κ3) is 2.05. The van der Waals surface area contributed by atoms with E-state index in [1.165, 1.54) is 22.5 Å². The van der Waals surface area contributed by atoms with Crippen LogP contribution >= 0.6 is 23.6 Å². The second kappa shape index (κ2) is 4.43. The van der Waals surface area contributed by atoms with Crippen LogP contribution in [-0.4, -0.2) is 9.97 Å². The molecule has 2 aromatic heterocycles. The van der Waals surface area contributed by atoms with Crippen molar-refractivity contribution in [2.45, 2.75) is 13.8 Å². The summed E-state index contributed by atoms with van der Waals surface area (Å²) in [7, 11) is 0. The van der Waals surface area contributed by atoms with Crippen molar-refractivity contribution in [1.82, 2.24) is 9.97 Å². The summed E-state index contributed by atoms with van der Waals surface area (Å²) < 4.78 is 0.367. The molecule has 0 spiro atoms. The highest BCUT2D eigenvalue weighted by molar-refractivity contribution is 7.71. The van der Waals surface area contributed by atoms with Gasteiger partial charge in [-0.3, -0.25) is 9.78 Å². The smallest absolute Gasteiger partial charge is 0.261 e. The lowest BCUT2D eigenvalue weighted by Crippen LogP contribution is -2.07. The molecule has 3 aromatic rings. The van der Waals surface area contributed by atoms with Crippen LogP contribution in [0, 0.1) is 18.6 Å². The lowest BCUT2D eigenvalue weighted by atomic mass is 9.99. The molecule has 19 heavy (non-hydrogen) atoms. The quantitative estimate of drug-likeness (QED) is 0.666. The monoisotopic (exact) mass is 288 g/mol. The lowest BCUT2D eigenvalue weighted by Gasteiger charge is -2.05. The van der Waals surface area contributed by atoms with E-state index in [4.69, 9.17) is 12.2 Å². The highest BCUT2D eigenvalue weighted by Crippen LogP contribution is 2.32. The lowest BCUT2D eigenvalue weighted by molar-refractivity contribution is 1.15. The van der Waals surface area contributed by atoms with Gasteiger partial charge in [-0.2, -0.15) is 0 Å². The van der Waals surface area contributed by atoms with Crippen molar-refractivity contribution in [1.29, 1.82) is 0 Å². The first-order valence-electron chi connectivity index (χ1n) is 5.87. The van der Waals surface area contributed by atoms with Gasteiger partial charge in [0.25, 0.3) is 5.56 Å². The molecule has 0 aliphatic rings. The molecule has 0 radical (unpaired) electrons. The predicted molar refractivity (Wildman–Crippen MR) is 82.5 cm³/mol. The molecule has 0 fully saturated rings. The van der Waals surface area contributed by atoms with E-state index in [0.717, 1.165) is 16.0 Å². The van der Waals surface area contributed by atoms with Crippen molar-refractivity contribution >= 4 is 33.8 Å². The Balaban J connectivity index is 2.38. The summed E-state index contributed by atoms with van der Waals surface area (Å²) in [5.41, 5.74) is 4.31. The number of hydrogen-bond donors (Lipinski definition) is 2. The maximum atomic E-state index is 12.1. The van der Waals surface area contributed by atoms with Crippen LogP contribution < -0.4 is 5.56 Å². The van der Waals surface area contributed by atoms with Gasteiger partial charge in [-0.25, -0.2) is 0 Å². The standard InChI is InChI=1S/C14H12N2OS2/c1-7-3-4-9(8(2)5-7)10-6-19-13-11(10)12(17)15-14(18)16-13/h3-6H,1-2H3,(H2,15,16,17,18). The zero-order valence-corrected chi connectivity index (χ0v) is 12.2. The molecule has 0 atom stereocenters. The maximum Gasteiger partial charge on any atom is 0.261 e. The summed E-state index contributed by atoms with van der Waals surface area (Å²) in [5, 5.41) is 2.69. The number of rotatable bonds is 1. The third-order valence-electron chi connectivity index (χ3n) is 3.14. The Labute approximate surface area is 119 Å². The van der Waals surface area contributed by atoms with E-state index in [-0.39, 0.29) is 5.56 Å². The SMILES string of the molecule is Cc1ccc(-c2csc3[nH]c(=S)[nH]c(=O)c23)c(C)c1. The normalized spacial score (nSPS) is 11.1. The average Bonchev–Trinajstić information content (AvgIpc) is 2.72. The summed E-state index contributed by atoms with van der Waals surface area (Å²) in [6, 6.07) is 6.25. The van der Waals surface area contributed by atoms with E-state index in [1.807, 2.05) is 5.38 Å². The number of benzene rings is 1. The molecule has 0 saturated heterocycles. The Morgan fingerprint density at radius 1 is 1.16 bits per heavy atom. The molecule has 3 nitrogen and oxygen atoms in total. The number of thiophene rings is 1. The van der Waals surface area contributed by atoms with Gasteiger partial charge in [0, 0.05) is 10.9 Å². The van der Waals surface area contributed by atoms with Crippen molar-refractivity contribution in [3.63, 3.8) is 0 Å². The van der Waals surface area contributed by atoms with Crippen molar-refractivity contribution in [3.8, 4) is 11.1 Å². The molecule has 2 N–H and O–H groups in total. The summed E-state index contributed by atoms with van der Waals surface area (Å²) in [6.45, 7) is 4.12. The van der Waals surface area contributed by atoms with Gasteiger partial charge in [0.15, 0.2) is 4.77 Å². The molecule has 3 rings (SSSR count). The van der Waals surface area contributed by atoms with Gasteiger partial charge in [-0.05, 0) is 37.2 Å².